The van der Waals surface area contributed by atoms with Crippen LogP contribution in [0.3, 0.4) is 0 Å². The van der Waals surface area contributed by atoms with E-state index in [1.54, 1.807) is 0 Å². The summed E-state index contributed by atoms with van der Waals surface area (Å²) in [5.74, 6) is 0.623. The second-order valence-electron chi connectivity index (χ2n) is 4.76. The fourth-order valence-electron chi connectivity index (χ4n) is 2.47. The topological polar surface area (TPSA) is 32.3 Å². The zero-order valence-electron chi connectivity index (χ0n) is 11.0. The smallest absolute Gasteiger partial charge is 0.223 e. The van der Waals surface area contributed by atoms with Crippen LogP contribution in [0.15, 0.2) is 0 Å². The predicted octanol–water partition coefficient (Wildman–Crippen LogP) is 2.02. The Labute approximate surface area is 99.6 Å². The molecule has 0 aromatic rings. The van der Waals surface area contributed by atoms with Crippen LogP contribution in [0.5, 0.6) is 0 Å². The number of hydrogen-bond acceptors (Lipinski definition) is 2. The van der Waals surface area contributed by atoms with E-state index in [2.05, 4.69) is 17.3 Å². The lowest BCUT2D eigenvalue weighted by molar-refractivity contribution is -0.127. The van der Waals surface area contributed by atoms with Crippen molar-refractivity contribution in [3.05, 3.63) is 0 Å². The van der Waals surface area contributed by atoms with Crippen LogP contribution in [0.2, 0.25) is 0 Å². The SMILES string of the molecule is CC.CN1CC(NC(=O)C2CCCCC2)C1. The van der Waals surface area contributed by atoms with Crippen LogP contribution in [0.4, 0.5) is 0 Å². The Morgan fingerprint density at radius 3 is 2.19 bits per heavy atom. The van der Waals surface area contributed by atoms with Crippen molar-refractivity contribution in [3.8, 4) is 0 Å². The zero-order chi connectivity index (χ0) is 12.0. The summed E-state index contributed by atoms with van der Waals surface area (Å²) >= 11 is 0. The van der Waals surface area contributed by atoms with Gasteiger partial charge in [-0.3, -0.25) is 4.79 Å². The molecule has 0 bridgehead atoms. The molecular weight excluding hydrogens is 200 g/mol. The number of likely N-dealkylation sites (N-methyl/N-ethyl adjacent to an activating group) is 1. The third-order valence-electron chi connectivity index (χ3n) is 3.39. The van der Waals surface area contributed by atoms with Crippen LogP contribution in [0, 0.1) is 5.92 Å². The third kappa shape index (κ3) is 3.78. The normalized spacial score (nSPS) is 22.9. The molecule has 1 aliphatic heterocycles. The van der Waals surface area contributed by atoms with Gasteiger partial charge >= 0.3 is 0 Å². The molecule has 94 valence electrons. The summed E-state index contributed by atoms with van der Waals surface area (Å²) in [7, 11) is 2.09. The molecule has 0 spiro atoms. The number of amides is 1. The second kappa shape index (κ2) is 6.89. The Morgan fingerprint density at radius 1 is 1.12 bits per heavy atom. The number of nitrogens with zero attached hydrogens (tertiary/aromatic N) is 1. The monoisotopic (exact) mass is 226 g/mol. The summed E-state index contributed by atoms with van der Waals surface area (Å²) in [5, 5.41) is 3.14. The van der Waals surface area contributed by atoms with Gasteiger partial charge in [-0.05, 0) is 19.9 Å². The average molecular weight is 226 g/mol. The van der Waals surface area contributed by atoms with Crippen LogP contribution in [0.1, 0.15) is 46.0 Å². The minimum atomic E-state index is 0.308. The number of carbonyl (C=O) groups is 1. The number of rotatable bonds is 2. The molecule has 2 aliphatic rings. The molecule has 1 amide bonds. The molecular formula is C13H26N2O. The highest BCUT2D eigenvalue weighted by Crippen LogP contribution is 2.24. The number of nitrogens with one attached hydrogen (secondary N) is 1. The molecule has 2 fully saturated rings. The molecule has 3 heteroatoms. The second-order valence-corrected chi connectivity index (χ2v) is 4.76. The Balaban J connectivity index is 0.000000606. The molecule has 1 N–H and O–H groups in total. The fraction of sp³-hybridized carbons (Fsp3) is 0.923. The van der Waals surface area contributed by atoms with Crippen molar-refractivity contribution in [1.82, 2.24) is 10.2 Å². The lowest BCUT2D eigenvalue weighted by Gasteiger charge is -2.37. The lowest BCUT2D eigenvalue weighted by Crippen LogP contribution is -2.58. The molecule has 1 saturated heterocycles. The molecule has 0 unspecified atom stereocenters. The minimum absolute atomic E-state index is 0.308. The van der Waals surface area contributed by atoms with Gasteiger partial charge in [-0.2, -0.15) is 0 Å². The first-order chi connectivity index (χ1) is 7.75. The molecule has 0 aromatic heterocycles. The molecule has 1 aliphatic carbocycles. The Bertz CT molecular complexity index is 206. The van der Waals surface area contributed by atoms with E-state index in [1.165, 1.54) is 19.3 Å². The van der Waals surface area contributed by atoms with E-state index in [0.29, 0.717) is 17.9 Å². The third-order valence-corrected chi connectivity index (χ3v) is 3.39. The van der Waals surface area contributed by atoms with Gasteiger partial charge in [-0.25, -0.2) is 0 Å². The van der Waals surface area contributed by atoms with Crippen LogP contribution < -0.4 is 5.32 Å². The summed E-state index contributed by atoms with van der Waals surface area (Å²) in [6.07, 6.45) is 6.00. The molecule has 1 saturated carbocycles. The van der Waals surface area contributed by atoms with Gasteiger partial charge in [0.1, 0.15) is 0 Å². The lowest BCUT2D eigenvalue weighted by atomic mass is 9.88. The zero-order valence-corrected chi connectivity index (χ0v) is 11.0. The number of likely N-dealkylation sites (tertiary alicyclic amines) is 1. The van der Waals surface area contributed by atoms with Gasteiger partial charge in [-0.1, -0.05) is 33.1 Å². The van der Waals surface area contributed by atoms with Crippen LogP contribution >= 0.6 is 0 Å². The van der Waals surface area contributed by atoms with Crippen LogP contribution in [0.25, 0.3) is 0 Å². The largest absolute Gasteiger partial charge is 0.351 e. The molecule has 16 heavy (non-hydrogen) atoms. The van der Waals surface area contributed by atoms with E-state index in [4.69, 9.17) is 0 Å². The van der Waals surface area contributed by atoms with E-state index in [9.17, 15) is 4.79 Å². The molecule has 1 heterocycles. The highest BCUT2D eigenvalue weighted by atomic mass is 16.2. The summed E-state index contributed by atoms with van der Waals surface area (Å²) in [6.45, 7) is 6.05. The average Bonchev–Trinajstić information content (AvgIpc) is 2.31. The predicted molar refractivity (Wildman–Crippen MR) is 67.4 cm³/mol. The van der Waals surface area contributed by atoms with Gasteiger partial charge in [0.25, 0.3) is 0 Å². The van der Waals surface area contributed by atoms with Crippen LogP contribution in [-0.2, 0) is 4.79 Å². The van der Waals surface area contributed by atoms with Gasteiger partial charge in [0.15, 0.2) is 0 Å². The van der Waals surface area contributed by atoms with E-state index >= 15 is 0 Å². The number of hydrogen-bond donors (Lipinski definition) is 1. The fourth-order valence-corrected chi connectivity index (χ4v) is 2.47. The maximum atomic E-state index is 11.8. The van der Waals surface area contributed by atoms with E-state index in [1.807, 2.05) is 13.8 Å². The standard InChI is InChI=1S/C11H20N2O.C2H6/c1-13-7-10(8-13)12-11(14)9-5-3-2-4-6-9;1-2/h9-10H,2-8H2,1H3,(H,12,14);1-2H3. The van der Waals surface area contributed by atoms with Gasteiger partial charge in [0.05, 0.1) is 6.04 Å². The van der Waals surface area contributed by atoms with E-state index < -0.39 is 0 Å². The van der Waals surface area contributed by atoms with Crippen molar-refractivity contribution < 1.29 is 4.79 Å². The quantitative estimate of drug-likeness (QED) is 0.781. The van der Waals surface area contributed by atoms with E-state index in [-0.39, 0.29) is 0 Å². The van der Waals surface area contributed by atoms with Gasteiger partial charge in [0.2, 0.25) is 5.91 Å². The highest BCUT2D eigenvalue weighted by molar-refractivity contribution is 5.79. The molecule has 0 aromatic carbocycles. The Morgan fingerprint density at radius 2 is 1.69 bits per heavy atom. The van der Waals surface area contributed by atoms with Gasteiger partial charge in [0, 0.05) is 19.0 Å². The Kier molecular flexibility index (Phi) is 5.81. The summed E-state index contributed by atoms with van der Waals surface area (Å²) in [5.41, 5.74) is 0. The molecule has 0 atom stereocenters. The van der Waals surface area contributed by atoms with Crippen molar-refractivity contribution in [1.29, 1.82) is 0 Å². The molecule has 0 radical (unpaired) electrons. The summed E-state index contributed by atoms with van der Waals surface area (Å²) in [4.78, 5) is 14.0. The van der Waals surface area contributed by atoms with Crippen molar-refractivity contribution in [2.45, 2.75) is 52.0 Å². The first-order valence-corrected chi connectivity index (χ1v) is 6.74. The van der Waals surface area contributed by atoms with Gasteiger partial charge < -0.3 is 10.2 Å². The van der Waals surface area contributed by atoms with Crippen molar-refractivity contribution in [2.24, 2.45) is 5.92 Å². The maximum Gasteiger partial charge on any atom is 0.223 e. The maximum absolute atomic E-state index is 11.8. The number of carbonyl (C=O) groups excluding carboxylic acids is 1. The minimum Gasteiger partial charge on any atom is -0.351 e. The van der Waals surface area contributed by atoms with Crippen molar-refractivity contribution in [3.63, 3.8) is 0 Å². The van der Waals surface area contributed by atoms with Crippen molar-refractivity contribution in [2.75, 3.05) is 20.1 Å². The van der Waals surface area contributed by atoms with Crippen molar-refractivity contribution >= 4 is 5.91 Å². The first kappa shape index (κ1) is 13.5. The highest BCUT2D eigenvalue weighted by Gasteiger charge is 2.28. The molecule has 3 nitrogen and oxygen atoms in total. The van der Waals surface area contributed by atoms with Crippen LogP contribution in [-0.4, -0.2) is 37.0 Å². The van der Waals surface area contributed by atoms with Gasteiger partial charge in [-0.15, -0.1) is 0 Å². The molecule has 2 rings (SSSR count). The Hall–Kier alpha value is -0.570. The summed E-state index contributed by atoms with van der Waals surface area (Å²) < 4.78 is 0. The summed E-state index contributed by atoms with van der Waals surface area (Å²) in [6, 6.07) is 0.425. The first-order valence-electron chi connectivity index (χ1n) is 6.74. The van der Waals surface area contributed by atoms with E-state index in [0.717, 1.165) is 25.9 Å².